The first kappa shape index (κ1) is 21.7. The summed E-state index contributed by atoms with van der Waals surface area (Å²) in [4.78, 5) is 29.1. The van der Waals surface area contributed by atoms with Crippen molar-refractivity contribution in [2.45, 2.75) is 26.9 Å². The molecule has 156 valence electrons. The van der Waals surface area contributed by atoms with Crippen molar-refractivity contribution in [3.8, 4) is 5.82 Å². The average Bonchev–Trinajstić information content (AvgIpc) is 3.02. The van der Waals surface area contributed by atoms with Crippen molar-refractivity contribution in [1.29, 1.82) is 0 Å². The number of carbonyl (C=O) groups excluding carboxylic acids is 2. The van der Waals surface area contributed by atoms with E-state index in [1.165, 1.54) is 25.1 Å². The number of rotatable bonds is 5. The molecule has 30 heavy (non-hydrogen) atoms. The Balaban J connectivity index is 1.75. The van der Waals surface area contributed by atoms with E-state index in [1.54, 1.807) is 10.7 Å². The van der Waals surface area contributed by atoms with Crippen LogP contribution in [0.15, 0.2) is 36.4 Å². The predicted octanol–water partition coefficient (Wildman–Crippen LogP) is 4.51. The van der Waals surface area contributed by atoms with Crippen molar-refractivity contribution in [1.82, 2.24) is 14.8 Å². The molecule has 0 aliphatic carbocycles. The first-order chi connectivity index (χ1) is 14.2. The number of amides is 1. The van der Waals surface area contributed by atoms with Crippen LogP contribution in [0.2, 0.25) is 10.0 Å². The molecule has 10 heteroatoms. The van der Waals surface area contributed by atoms with Crippen LogP contribution in [0, 0.1) is 19.7 Å². The highest BCUT2D eigenvalue weighted by molar-refractivity contribution is 6.33. The molecular weight excluding hydrogens is 434 g/mol. The Labute approximate surface area is 181 Å². The minimum absolute atomic E-state index is 0.0571. The second-order valence-electron chi connectivity index (χ2n) is 6.50. The summed E-state index contributed by atoms with van der Waals surface area (Å²) >= 11 is 11.8. The third kappa shape index (κ3) is 4.77. The molecule has 3 rings (SSSR count). The van der Waals surface area contributed by atoms with Gasteiger partial charge in [0.1, 0.15) is 5.82 Å². The number of nitrogens with one attached hydrogen (secondary N) is 1. The van der Waals surface area contributed by atoms with Gasteiger partial charge in [-0.2, -0.15) is 5.10 Å². The van der Waals surface area contributed by atoms with Gasteiger partial charge in [0.2, 0.25) is 0 Å². The normalized spacial score (nSPS) is 11.8. The van der Waals surface area contributed by atoms with Gasteiger partial charge in [-0.1, -0.05) is 23.2 Å². The second kappa shape index (κ2) is 8.81. The maximum absolute atomic E-state index is 13.9. The molecule has 1 amide bonds. The zero-order valence-electron chi connectivity index (χ0n) is 16.2. The van der Waals surface area contributed by atoms with Gasteiger partial charge < -0.3 is 10.1 Å². The van der Waals surface area contributed by atoms with E-state index >= 15 is 0 Å². The standard InChI is InChI=1S/C20H17Cl2FN4O3/c1-10-8-11(2)27(26-10)17-7-5-14(22)18(25-17)20(29)30-12(3)19(28)24-16-6-4-13(21)9-15(16)23/h4-9,12H,1-3H3,(H,24,28). The maximum Gasteiger partial charge on any atom is 0.359 e. The summed E-state index contributed by atoms with van der Waals surface area (Å²) in [6.07, 6.45) is -1.23. The number of anilines is 1. The van der Waals surface area contributed by atoms with Gasteiger partial charge in [-0.15, -0.1) is 0 Å². The molecule has 0 saturated heterocycles. The zero-order valence-corrected chi connectivity index (χ0v) is 17.8. The van der Waals surface area contributed by atoms with Crippen molar-refractivity contribution in [3.05, 3.63) is 69.3 Å². The summed E-state index contributed by atoms with van der Waals surface area (Å²) in [6, 6.07) is 8.74. The lowest BCUT2D eigenvalue weighted by molar-refractivity contribution is -0.123. The molecule has 2 aromatic heterocycles. The van der Waals surface area contributed by atoms with E-state index in [1.807, 2.05) is 19.9 Å². The number of carbonyl (C=O) groups is 2. The average molecular weight is 451 g/mol. The number of benzene rings is 1. The fourth-order valence-corrected chi connectivity index (χ4v) is 2.99. The van der Waals surface area contributed by atoms with Gasteiger partial charge in [-0.25, -0.2) is 18.9 Å². The SMILES string of the molecule is Cc1cc(C)n(-c2ccc(Cl)c(C(=O)OC(C)C(=O)Nc3ccc(Cl)cc3F)n2)n1. The van der Waals surface area contributed by atoms with Crippen molar-refractivity contribution in [2.24, 2.45) is 0 Å². The van der Waals surface area contributed by atoms with Crippen molar-refractivity contribution in [2.75, 3.05) is 5.32 Å². The number of aryl methyl sites for hydroxylation is 2. The number of ether oxygens (including phenoxy) is 1. The number of aromatic nitrogens is 3. The molecule has 1 atom stereocenters. The molecule has 7 nitrogen and oxygen atoms in total. The van der Waals surface area contributed by atoms with Gasteiger partial charge in [-0.3, -0.25) is 4.79 Å². The molecule has 0 saturated carbocycles. The third-order valence-electron chi connectivity index (χ3n) is 4.09. The molecule has 1 N–H and O–H groups in total. The number of hydrogen-bond acceptors (Lipinski definition) is 5. The largest absolute Gasteiger partial charge is 0.448 e. The first-order valence-electron chi connectivity index (χ1n) is 8.83. The fourth-order valence-electron chi connectivity index (χ4n) is 2.65. The monoisotopic (exact) mass is 450 g/mol. The molecule has 0 aliphatic heterocycles. The molecule has 0 bridgehead atoms. The molecule has 0 fully saturated rings. The lowest BCUT2D eigenvalue weighted by atomic mass is 10.2. The van der Waals surface area contributed by atoms with E-state index in [9.17, 15) is 14.0 Å². The summed E-state index contributed by atoms with van der Waals surface area (Å²) in [7, 11) is 0. The quantitative estimate of drug-likeness (QED) is 0.577. The maximum atomic E-state index is 13.9. The van der Waals surface area contributed by atoms with E-state index in [2.05, 4.69) is 15.4 Å². The zero-order chi connectivity index (χ0) is 22.0. The summed E-state index contributed by atoms with van der Waals surface area (Å²) in [5.74, 6) is -1.97. The molecule has 1 unspecified atom stereocenters. The number of nitrogens with zero attached hydrogens (tertiary/aromatic N) is 3. The lowest BCUT2D eigenvalue weighted by Crippen LogP contribution is -2.30. The van der Waals surface area contributed by atoms with Crippen LogP contribution in [0.4, 0.5) is 10.1 Å². The smallest absolute Gasteiger partial charge is 0.359 e. The van der Waals surface area contributed by atoms with Crippen LogP contribution >= 0.6 is 23.2 Å². The molecule has 2 heterocycles. The molecule has 0 aliphatic rings. The van der Waals surface area contributed by atoms with Crippen LogP contribution in [0.3, 0.4) is 0 Å². The summed E-state index contributed by atoms with van der Waals surface area (Å²) in [6.45, 7) is 5.02. The van der Waals surface area contributed by atoms with Gasteiger partial charge in [0, 0.05) is 10.7 Å². The Morgan fingerprint density at radius 3 is 2.53 bits per heavy atom. The molecule has 1 aromatic carbocycles. The highest BCUT2D eigenvalue weighted by atomic mass is 35.5. The summed E-state index contributed by atoms with van der Waals surface area (Å²) in [5, 5.41) is 6.89. The number of esters is 1. The van der Waals surface area contributed by atoms with Crippen LogP contribution in [-0.2, 0) is 9.53 Å². The minimum atomic E-state index is -1.23. The van der Waals surface area contributed by atoms with E-state index in [4.69, 9.17) is 27.9 Å². The topological polar surface area (TPSA) is 86.1 Å². The highest BCUT2D eigenvalue weighted by Gasteiger charge is 2.23. The Bertz CT molecular complexity index is 1130. The van der Waals surface area contributed by atoms with Crippen molar-refractivity contribution >= 4 is 40.8 Å². The minimum Gasteiger partial charge on any atom is -0.448 e. The van der Waals surface area contributed by atoms with Crippen LogP contribution < -0.4 is 5.32 Å². The lowest BCUT2D eigenvalue weighted by Gasteiger charge is -2.14. The van der Waals surface area contributed by atoms with Gasteiger partial charge in [0.05, 0.1) is 16.4 Å². The molecule has 3 aromatic rings. The van der Waals surface area contributed by atoms with Crippen LogP contribution in [0.5, 0.6) is 0 Å². The van der Waals surface area contributed by atoms with Crippen LogP contribution in [0.1, 0.15) is 28.8 Å². The van der Waals surface area contributed by atoms with Gasteiger partial charge >= 0.3 is 5.97 Å². The first-order valence-corrected chi connectivity index (χ1v) is 9.58. The fraction of sp³-hybridized carbons (Fsp3) is 0.200. The molecule has 0 radical (unpaired) electrons. The van der Waals surface area contributed by atoms with Crippen LogP contribution in [-0.4, -0.2) is 32.7 Å². The molecule has 0 spiro atoms. The van der Waals surface area contributed by atoms with E-state index in [0.717, 1.165) is 17.5 Å². The highest BCUT2D eigenvalue weighted by Crippen LogP contribution is 2.21. The third-order valence-corrected chi connectivity index (χ3v) is 4.63. The Hall–Kier alpha value is -2.97. The van der Waals surface area contributed by atoms with Crippen LogP contribution in [0.25, 0.3) is 5.82 Å². The van der Waals surface area contributed by atoms with Gasteiger partial charge in [0.25, 0.3) is 5.91 Å². The summed E-state index contributed by atoms with van der Waals surface area (Å²) in [5.41, 5.74) is 1.35. The second-order valence-corrected chi connectivity index (χ2v) is 7.34. The Morgan fingerprint density at radius 1 is 1.17 bits per heavy atom. The predicted molar refractivity (Wildman–Crippen MR) is 111 cm³/mol. The van der Waals surface area contributed by atoms with E-state index < -0.39 is 23.8 Å². The van der Waals surface area contributed by atoms with Gasteiger partial charge in [0.15, 0.2) is 17.6 Å². The number of pyridine rings is 1. The summed E-state index contributed by atoms with van der Waals surface area (Å²) < 4.78 is 20.6. The van der Waals surface area contributed by atoms with E-state index in [0.29, 0.717) is 5.82 Å². The van der Waals surface area contributed by atoms with E-state index in [-0.39, 0.29) is 21.4 Å². The van der Waals surface area contributed by atoms with Crippen molar-refractivity contribution in [3.63, 3.8) is 0 Å². The Morgan fingerprint density at radius 2 is 1.90 bits per heavy atom. The van der Waals surface area contributed by atoms with Gasteiger partial charge in [-0.05, 0) is 57.2 Å². The number of halogens is 3. The molecular formula is C20H17Cl2FN4O3. The van der Waals surface area contributed by atoms with Crippen molar-refractivity contribution < 1.29 is 18.7 Å². The Kier molecular flexibility index (Phi) is 6.38. The number of hydrogen-bond donors (Lipinski definition) is 1.